The average molecular weight is 274 g/mol. The van der Waals surface area contributed by atoms with Crippen LogP contribution in [0.15, 0.2) is 30.3 Å². The van der Waals surface area contributed by atoms with E-state index in [0.717, 1.165) is 5.56 Å². The van der Waals surface area contributed by atoms with Crippen LogP contribution in [-0.4, -0.2) is 31.1 Å². The maximum Gasteiger partial charge on any atom is 0.394 e. The largest absolute Gasteiger partial charge is 0.394 e. The molecule has 4 atom stereocenters. The predicted octanol–water partition coefficient (Wildman–Crippen LogP) is 2.98. The molecule has 1 aromatic carbocycles. The first-order valence-electron chi connectivity index (χ1n) is 6.23. The van der Waals surface area contributed by atoms with Crippen molar-refractivity contribution in [3.05, 3.63) is 35.9 Å². The van der Waals surface area contributed by atoms with Gasteiger partial charge >= 0.3 is 6.18 Å². The number of rotatable bonds is 4. The lowest BCUT2D eigenvalue weighted by atomic mass is 9.63. The molecular formula is C14H17F3O2. The Hall–Kier alpha value is -1.07. The van der Waals surface area contributed by atoms with Crippen LogP contribution in [0.4, 0.5) is 13.2 Å². The normalized spacial score (nSPS) is 28.8. The van der Waals surface area contributed by atoms with Crippen LogP contribution in [0.2, 0.25) is 0 Å². The van der Waals surface area contributed by atoms with Gasteiger partial charge < -0.3 is 9.84 Å². The van der Waals surface area contributed by atoms with Crippen LogP contribution in [0.1, 0.15) is 17.9 Å². The monoisotopic (exact) mass is 274 g/mol. The second-order valence-corrected chi connectivity index (χ2v) is 5.01. The number of ether oxygens (including phenoxy) is 1. The highest BCUT2D eigenvalue weighted by molar-refractivity contribution is 5.22. The topological polar surface area (TPSA) is 29.5 Å². The van der Waals surface area contributed by atoms with Crippen molar-refractivity contribution in [3.63, 3.8) is 0 Å². The molecular weight excluding hydrogens is 257 g/mol. The molecule has 106 valence electrons. The zero-order valence-corrected chi connectivity index (χ0v) is 10.6. The molecule has 2 nitrogen and oxygen atoms in total. The van der Waals surface area contributed by atoms with Crippen LogP contribution in [-0.2, 0) is 4.74 Å². The van der Waals surface area contributed by atoms with Gasteiger partial charge in [-0.15, -0.1) is 0 Å². The highest BCUT2D eigenvalue weighted by atomic mass is 19.4. The smallest absolute Gasteiger partial charge is 0.392 e. The van der Waals surface area contributed by atoms with Gasteiger partial charge in [-0.3, -0.25) is 0 Å². The summed E-state index contributed by atoms with van der Waals surface area (Å²) in [6.07, 6.45) is -5.47. The Morgan fingerprint density at radius 2 is 1.95 bits per heavy atom. The molecule has 1 aliphatic carbocycles. The molecule has 1 saturated carbocycles. The van der Waals surface area contributed by atoms with Crippen LogP contribution < -0.4 is 0 Å². The number of methoxy groups -OCH3 is 1. The van der Waals surface area contributed by atoms with Gasteiger partial charge in [-0.25, -0.2) is 0 Å². The Labute approximate surface area is 110 Å². The van der Waals surface area contributed by atoms with Crippen molar-refractivity contribution in [1.29, 1.82) is 0 Å². The summed E-state index contributed by atoms with van der Waals surface area (Å²) in [5, 5.41) is 9.42. The van der Waals surface area contributed by atoms with E-state index in [1.54, 1.807) is 12.1 Å². The second-order valence-electron chi connectivity index (χ2n) is 5.01. The molecule has 5 heteroatoms. The van der Waals surface area contributed by atoms with E-state index in [4.69, 9.17) is 4.74 Å². The molecule has 1 N–H and O–H groups in total. The van der Waals surface area contributed by atoms with E-state index in [0.29, 0.717) is 0 Å². The van der Waals surface area contributed by atoms with Gasteiger partial charge in [0.05, 0.1) is 18.6 Å². The number of aliphatic hydroxyl groups excluding tert-OH is 1. The first-order chi connectivity index (χ1) is 8.95. The van der Waals surface area contributed by atoms with Gasteiger partial charge in [0.1, 0.15) is 0 Å². The maximum absolute atomic E-state index is 12.9. The average Bonchev–Trinajstić information content (AvgIpc) is 2.32. The van der Waals surface area contributed by atoms with Crippen LogP contribution in [0.25, 0.3) is 0 Å². The van der Waals surface area contributed by atoms with E-state index in [-0.39, 0.29) is 18.9 Å². The zero-order valence-electron chi connectivity index (χ0n) is 10.6. The van der Waals surface area contributed by atoms with E-state index in [1.165, 1.54) is 7.11 Å². The minimum absolute atomic E-state index is 0.174. The fourth-order valence-corrected chi connectivity index (χ4v) is 2.88. The molecule has 0 heterocycles. The third kappa shape index (κ3) is 2.92. The predicted molar refractivity (Wildman–Crippen MR) is 64.7 cm³/mol. The third-order valence-corrected chi connectivity index (χ3v) is 3.86. The second kappa shape index (κ2) is 5.51. The molecule has 1 fully saturated rings. The van der Waals surface area contributed by atoms with Crippen molar-refractivity contribution in [2.45, 2.75) is 24.6 Å². The fraction of sp³-hybridized carbons (Fsp3) is 0.571. The standard InChI is InChI=1S/C14H17F3O2/c1-19-8-11(9-5-3-2-4-6-9)10-7-12(18)13(10)14(15,16)17/h2-6,10-13,18H,7-8H2,1H3/t10?,11-,12-,13+/m0/s1. The Kier molecular flexibility index (Phi) is 4.16. The van der Waals surface area contributed by atoms with Gasteiger partial charge in [-0.1, -0.05) is 30.3 Å². The number of hydrogen-bond acceptors (Lipinski definition) is 2. The van der Waals surface area contributed by atoms with E-state index in [2.05, 4.69) is 0 Å². The third-order valence-electron chi connectivity index (χ3n) is 3.86. The number of alkyl halides is 3. The Morgan fingerprint density at radius 3 is 2.42 bits per heavy atom. The SMILES string of the molecule is COC[C@@H](c1ccccc1)C1C[C@H](O)[C@@H]1C(F)(F)F. The summed E-state index contributed by atoms with van der Waals surface area (Å²) in [7, 11) is 1.48. The highest BCUT2D eigenvalue weighted by Crippen LogP contribution is 2.51. The highest BCUT2D eigenvalue weighted by Gasteiger charge is 2.58. The van der Waals surface area contributed by atoms with E-state index >= 15 is 0 Å². The number of hydrogen-bond donors (Lipinski definition) is 1. The van der Waals surface area contributed by atoms with Crippen molar-refractivity contribution in [3.8, 4) is 0 Å². The Morgan fingerprint density at radius 1 is 1.32 bits per heavy atom. The summed E-state index contributed by atoms with van der Waals surface area (Å²) in [6.45, 7) is 0.230. The van der Waals surface area contributed by atoms with Gasteiger partial charge in [-0.2, -0.15) is 13.2 Å². The van der Waals surface area contributed by atoms with Crippen LogP contribution in [0, 0.1) is 11.8 Å². The summed E-state index contributed by atoms with van der Waals surface area (Å²) >= 11 is 0. The molecule has 0 bridgehead atoms. The molecule has 1 aliphatic rings. The molecule has 0 amide bonds. The van der Waals surface area contributed by atoms with Gasteiger partial charge in [0.2, 0.25) is 0 Å². The molecule has 1 aromatic rings. The van der Waals surface area contributed by atoms with Crippen molar-refractivity contribution in [2.75, 3.05) is 13.7 Å². The van der Waals surface area contributed by atoms with Gasteiger partial charge in [0.15, 0.2) is 0 Å². The summed E-state index contributed by atoms with van der Waals surface area (Å²) in [6, 6.07) is 9.04. The molecule has 0 aliphatic heterocycles. The molecule has 0 radical (unpaired) electrons. The van der Waals surface area contributed by atoms with Crippen molar-refractivity contribution >= 4 is 0 Å². The number of benzene rings is 1. The Bertz CT molecular complexity index is 405. The van der Waals surface area contributed by atoms with Crippen molar-refractivity contribution in [1.82, 2.24) is 0 Å². The Balaban J connectivity index is 2.21. The van der Waals surface area contributed by atoms with Crippen LogP contribution in [0.3, 0.4) is 0 Å². The molecule has 0 spiro atoms. The van der Waals surface area contributed by atoms with Gasteiger partial charge in [0.25, 0.3) is 0 Å². The summed E-state index contributed by atoms with van der Waals surface area (Å²) in [5.74, 6) is -2.59. The van der Waals surface area contributed by atoms with Crippen LogP contribution in [0.5, 0.6) is 0 Å². The lowest BCUT2D eigenvalue weighted by Gasteiger charge is -2.46. The maximum atomic E-state index is 12.9. The molecule has 0 saturated heterocycles. The number of aliphatic hydroxyl groups is 1. The lowest BCUT2D eigenvalue weighted by Crippen LogP contribution is -2.52. The first kappa shape index (κ1) is 14.3. The molecule has 19 heavy (non-hydrogen) atoms. The zero-order chi connectivity index (χ0) is 14.0. The molecule has 2 rings (SSSR count). The van der Waals surface area contributed by atoms with Crippen molar-refractivity contribution < 1.29 is 23.0 Å². The van der Waals surface area contributed by atoms with E-state index in [1.807, 2.05) is 18.2 Å². The van der Waals surface area contributed by atoms with E-state index in [9.17, 15) is 18.3 Å². The van der Waals surface area contributed by atoms with Crippen LogP contribution >= 0.6 is 0 Å². The van der Waals surface area contributed by atoms with Gasteiger partial charge in [-0.05, 0) is 17.9 Å². The van der Waals surface area contributed by atoms with E-state index < -0.39 is 24.1 Å². The van der Waals surface area contributed by atoms with Crippen molar-refractivity contribution in [2.24, 2.45) is 11.8 Å². The summed E-state index contributed by atoms with van der Waals surface area (Å²) in [4.78, 5) is 0. The summed E-state index contributed by atoms with van der Waals surface area (Å²) < 4.78 is 43.8. The molecule has 1 unspecified atom stereocenters. The molecule has 0 aromatic heterocycles. The summed E-state index contributed by atoms with van der Waals surface area (Å²) in [5.41, 5.74) is 0.829. The fourth-order valence-electron chi connectivity index (χ4n) is 2.88. The minimum Gasteiger partial charge on any atom is -0.392 e. The first-order valence-corrected chi connectivity index (χ1v) is 6.23. The minimum atomic E-state index is -4.36. The van der Waals surface area contributed by atoms with Gasteiger partial charge in [0, 0.05) is 13.0 Å². The quantitative estimate of drug-likeness (QED) is 0.914. The number of halogens is 3. The lowest BCUT2D eigenvalue weighted by molar-refractivity contribution is -0.255.